The molecule has 0 N–H and O–H groups in total. The van der Waals surface area contributed by atoms with Gasteiger partial charge in [-0.05, 0) is 25.8 Å². The molecule has 1 aromatic rings. The first-order valence-corrected chi connectivity index (χ1v) is 6.95. The number of ether oxygens (including phenoxy) is 1. The van der Waals surface area contributed by atoms with Crippen LogP contribution >= 0.6 is 11.6 Å². The van der Waals surface area contributed by atoms with Crippen molar-refractivity contribution in [3.05, 3.63) is 18.0 Å². The molecule has 0 bridgehead atoms. The summed E-state index contributed by atoms with van der Waals surface area (Å²) in [7, 11) is 1.95. The number of alkyl halides is 1. The largest absolute Gasteiger partial charge is 0.368 e. The fourth-order valence-electron chi connectivity index (χ4n) is 2.56. The first-order valence-electron chi connectivity index (χ1n) is 6.42. The van der Waals surface area contributed by atoms with Crippen molar-refractivity contribution in [1.29, 1.82) is 0 Å². The Morgan fingerprint density at radius 3 is 2.94 bits per heavy atom. The van der Waals surface area contributed by atoms with Gasteiger partial charge in [-0.15, -0.1) is 11.6 Å². The summed E-state index contributed by atoms with van der Waals surface area (Å²) in [6, 6.07) is 0. The van der Waals surface area contributed by atoms with Gasteiger partial charge in [-0.25, -0.2) is 0 Å². The minimum absolute atomic E-state index is 0.104. The van der Waals surface area contributed by atoms with Gasteiger partial charge < -0.3 is 4.74 Å². The van der Waals surface area contributed by atoms with Crippen molar-refractivity contribution >= 4 is 11.6 Å². The molecule has 0 saturated carbocycles. The monoisotopic (exact) mass is 271 g/mol. The maximum absolute atomic E-state index is 5.93. The molecule has 2 heterocycles. The lowest BCUT2D eigenvalue weighted by molar-refractivity contribution is -0.127. The SMILES string of the molecule is Cn1cc(CCN2CC(CCl)OC(C)(C)C2)cn1. The number of aromatic nitrogens is 2. The number of hydrogen-bond acceptors (Lipinski definition) is 3. The third-order valence-corrected chi connectivity index (χ3v) is 3.54. The Labute approximate surface area is 114 Å². The summed E-state index contributed by atoms with van der Waals surface area (Å²) in [5.41, 5.74) is 1.18. The van der Waals surface area contributed by atoms with Crippen molar-refractivity contribution < 1.29 is 4.74 Å². The van der Waals surface area contributed by atoms with Crippen LogP contribution in [0.15, 0.2) is 12.4 Å². The van der Waals surface area contributed by atoms with Gasteiger partial charge in [0.05, 0.1) is 17.9 Å². The molecule has 1 fully saturated rings. The third-order valence-electron chi connectivity index (χ3n) is 3.20. The molecule has 0 radical (unpaired) electrons. The van der Waals surface area contributed by atoms with E-state index < -0.39 is 0 Å². The van der Waals surface area contributed by atoms with Crippen LogP contribution in [-0.4, -0.2) is 51.9 Å². The fraction of sp³-hybridized carbons (Fsp3) is 0.769. The van der Waals surface area contributed by atoms with Crippen LogP contribution in [0.5, 0.6) is 0 Å². The van der Waals surface area contributed by atoms with E-state index in [4.69, 9.17) is 16.3 Å². The highest BCUT2D eigenvalue weighted by atomic mass is 35.5. The predicted molar refractivity (Wildman–Crippen MR) is 73.0 cm³/mol. The van der Waals surface area contributed by atoms with Crippen molar-refractivity contribution in [2.24, 2.45) is 7.05 Å². The van der Waals surface area contributed by atoms with E-state index in [-0.39, 0.29) is 11.7 Å². The van der Waals surface area contributed by atoms with E-state index in [0.717, 1.165) is 26.1 Å². The zero-order valence-electron chi connectivity index (χ0n) is 11.4. The molecule has 1 aromatic heterocycles. The lowest BCUT2D eigenvalue weighted by atomic mass is 10.0. The van der Waals surface area contributed by atoms with E-state index in [0.29, 0.717) is 5.88 Å². The molecule has 1 unspecified atom stereocenters. The predicted octanol–water partition coefficient (Wildman–Crippen LogP) is 1.68. The molecule has 2 rings (SSSR count). The van der Waals surface area contributed by atoms with Gasteiger partial charge in [-0.2, -0.15) is 5.10 Å². The molecule has 1 aliphatic heterocycles. The van der Waals surface area contributed by atoms with Crippen LogP contribution in [0.4, 0.5) is 0 Å². The van der Waals surface area contributed by atoms with E-state index in [9.17, 15) is 0 Å². The topological polar surface area (TPSA) is 30.3 Å². The van der Waals surface area contributed by atoms with Crippen LogP contribution in [0.2, 0.25) is 0 Å². The summed E-state index contributed by atoms with van der Waals surface area (Å²) >= 11 is 5.93. The summed E-state index contributed by atoms with van der Waals surface area (Å²) in [6.45, 7) is 7.17. The number of halogens is 1. The Hall–Kier alpha value is -0.580. The van der Waals surface area contributed by atoms with Crippen molar-refractivity contribution in [1.82, 2.24) is 14.7 Å². The molecular formula is C13H22ClN3O. The standard InChI is InChI=1S/C13H22ClN3O/c1-13(2)10-17(9-12(6-14)18-13)5-4-11-7-15-16(3)8-11/h7-8,12H,4-6,9-10H2,1-3H3. The average molecular weight is 272 g/mol. The minimum Gasteiger partial charge on any atom is -0.368 e. The van der Waals surface area contributed by atoms with Gasteiger partial charge in [-0.1, -0.05) is 0 Å². The fourth-order valence-corrected chi connectivity index (χ4v) is 2.72. The van der Waals surface area contributed by atoms with Gasteiger partial charge in [-0.3, -0.25) is 9.58 Å². The Morgan fingerprint density at radius 2 is 2.33 bits per heavy atom. The Morgan fingerprint density at radius 1 is 1.56 bits per heavy atom. The Kier molecular flexibility index (Phi) is 4.30. The van der Waals surface area contributed by atoms with Crippen molar-refractivity contribution in [3.8, 4) is 0 Å². The molecule has 18 heavy (non-hydrogen) atoms. The van der Waals surface area contributed by atoms with Crippen LogP contribution < -0.4 is 0 Å². The number of nitrogens with zero attached hydrogens (tertiary/aromatic N) is 3. The van der Waals surface area contributed by atoms with Gasteiger partial charge >= 0.3 is 0 Å². The Balaban J connectivity index is 1.88. The average Bonchev–Trinajstić information content (AvgIpc) is 2.70. The maximum Gasteiger partial charge on any atom is 0.0844 e. The van der Waals surface area contributed by atoms with Gasteiger partial charge in [0, 0.05) is 38.8 Å². The zero-order valence-corrected chi connectivity index (χ0v) is 12.2. The van der Waals surface area contributed by atoms with E-state index in [1.165, 1.54) is 5.56 Å². The second-order valence-corrected chi connectivity index (χ2v) is 5.97. The first-order chi connectivity index (χ1) is 8.48. The molecule has 0 aromatic carbocycles. The molecular weight excluding hydrogens is 250 g/mol. The number of morpholine rings is 1. The normalized spacial score (nSPS) is 24.3. The van der Waals surface area contributed by atoms with Gasteiger partial charge in [0.2, 0.25) is 0 Å². The summed E-state index contributed by atoms with van der Waals surface area (Å²) in [5, 5.41) is 4.19. The Bertz CT molecular complexity index is 391. The van der Waals surface area contributed by atoms with Crippen LogP contribution in [0, 0.1) is 0 Å². The summed E-state index contributed by atoms with van der Waals surface area (Å²) in [4.78, 5) is 2.43. The minimum atomic E-state index is -0.104. The molecule has 1 saturated heterocycles. The van der Waals surface area contributed by atoms with Crippen LogP contribution in [0.1, 0.15) is 19.4 Å². The van der Waals surface area contributed by atoms with Crippen LogP contribution in [-0.2, 0) is 18.2 Å². The summed E-state index contributed by atoms with van der Waals surface area (Å²) in [6.07, 6.45) is 5.18. The highest BCUT2D eigenvalue weighted by molar-refractivity contribution is 6.18. The molecule has 1 aliphatic rings. The van der Waals surface area contributed by atoms with E-state index >= 15 is 0 Å². The van der Waals surface area contributed by atoms with E-state index in [2.05, 4.69) is 30.0 Å². The second-order valence-electron chi connectivity index (χ2n) is 5.66. The second kappa shape index (κ2) is 5.59. The van der Waals surface area contributed by atoms with Crippen LogP contribution in [0.3, 0.4) is 0 Å². The van der Waals surface area contributed by atoms with Gasteiger partial charge in [0.1, 0.15) is 0 Å². The molecule has 0 aliphatic carbocycles. The molecule has 102 valence electrons. The highest BCUT2D eigenvalue weighted by Gasteiger charge is 2.32. The van der Waals surface area contributed by atoms with Gasteiger partial charge in [0.15, 0.2) is 0 Å². The summed E-state index contributed by atoms with van der Waals surface area (Å²) in [5.74, 6) is 0.562. The lowest BCUT2D eigenvalue weighted by Gasteiger charge is -2.42. The molecule has 0 spiro atoms. The molecule has 5 heteroatoms. The lowest BCUT2D eigenvalue weighted by Crippen LogP contribution is -2.53. The van der Waals surface area contributed by atoms with Gasteiger partial charge in [0.25, 0.3) is 0 Å². The molecule has 4 nitrogen and oxygen atoms in total. The highest BCUT2D eigenvalue weighted by Crippen LogP contribution is 2.21. The van der Waals surface area contributed by atoms with Crippen molar-refractivity contribution in [2.45, 2.75) is 32.0 Å². The number of rotatable bonds is 4. The van der Waals surface area contributed by atoms with E-state index in [1.807, 2.05) is 17.9 Å². The zero-order chi connectivity index (χ0) is 13.2. The van der Waals surface area contributed by atoms with Crippen molar-refractivity contribution in [2.75, 3.05) is 25.5 Å². The third kappa shape index (κ3) is 3.70. The molecule has 0 amide bonds. The first kappa shape index (κ1) is 13.8. The maximum atomic E-state index is 5.93. The van der Waals surface area contributed by atoms with Crippen LogP contribution in [0.25, 0.3) is 0 Å². The smallest absolute Gasteiger partial charge is 0.0844 e. The molecule has 1 atom stereocenters. The van der Waals surface area contributed by atoms with E-state index in [1.54, 1.807) is 0 Å². The van der Waals surface area contributed by atoms with Crippen molar-refractivity contribution in [3.63, 3.8) is 0 Å². The summed E-state index contributed by atoms with van der Waals surface area (Å²) < 4.78 is 7.77. The number of hydrogen-bond donors (Lipinski definition) is 0. The number of aryl methyl sites for hydroxylation is 1. The quantitative estimate of drug-likeness (QED) is 0.781.